The number of hydrogen-bond donors (Lipinski definition) is 0. The second-order valence-corrected chi connectivity index (χ2v) is 8.75. The Bertz CT molecular complexity index is 640. The van der Waals surface area contributed by atoms with Gasteiger partial charge in [-0.15, -0.1) is 0 Å². The van der Waals surface area contributed by atoms with Crippen molar-refractivity contribution in [3.63, 3.8) is 0 Å². The topological polar surface area (TPSA) is 40.2 Å². The maximum atomic E-state index is 6.25. The summed E-state index contributed by atoms with van der Waals surface area (Å²) in [6.45, 7) is 11.0. The van der Waals surface area contributed by atoms with Crippen LogP contribution in [0.5, 0.6) is 11.5 Å². The Morgan fingerprint density at radius 1 is 1.15 bits per heavy atom. The lowest BCUT2D eigenvalue weighted by atomic mass is 9.85. The van der Waals surface area contributed by atoms with Gasteiger partial charge in [-0.3, -0.25) is 4.90 Å². The average molecular weight is 378 g/mol. The highest BCUT2D eigenvalue weighted by Crippen LogP contribution is 2.42. The normalized spacial score (nSPS) is 24.1. The number of fused-ring (bicyclic) bond motifs is 3. The van der Waals surface area contributed by atoms with E-state index < -0.39 is 0 Å². The van der Waals surface area contributed by atoms with Gasteiger partial charge in [0.2, 0.25) is 0 Å². The number of rotatable bonds is 6. The largest absolute Gasteiger partial charge is 0.493 e. The van der Waals surface area contributed by atoms with Gasteiger partial charge in [0.25, 0.3) is 0 Å². The van der Waals surface area contributed by atoms with Gasteiger partial charge in [-0.25, -0.2) is 0 Å². The third-order valence-electron chi connectivity index (χ3n) is 5.49. The van der Waals surface area contributed by atoms with E-state index in [4.69, 9.17) is 18.9 Å². The third-order valence-corrected chi connectivity index (χ3v) is 5.49. The van der Waals surface area contributed by atoms with E-state index in [1.54, 1.807) is 14.2 Å². The molecule has 3 rings (SSSR count). The molecule has 2 aliphatic rings. The third kappa shape index (κ3) is 4.95. The molecule has 2 heterocycles. The SMILES string of the molecule is COc1cc2c(cc1OCC(C)OC)CCN1CC(OC(C)(C)C)CCC21. The Morgan fingerprint density at radius 2 is 1.93 bits per heavy atom. The monoisotopic (exact) mass is 377 g/mol. The van der Waals surface area contributed by atoms with Crippen LogP contribution in [0.1, 0.15) is 57.7 Å². The molecule has 1 fully saturated rings. The highest BCUT2D eigenvalue weighted by Gasteiger charge is 2.35. The molecule has 1 aromatic rings. The van der Waals surface area contributed by atoms with Gasteiger partial charge in [0.05, 0.1) is 24.9 Å². The van der Waals surface area contributed by atoms with Gasteiger partial charge >= 0.3 is 0 Å². The van der Waals surface area contributed by atoms with Crippen LogP contribution in [0.2, 0.25) is 0 Å². The van der Waals surface area contributed by atoms with Crippen LogP contribution < -0.4 is 9.47 Å². The van der Waals surface area contributed by atoms with Crippen LogP contribution in [0.3, 0.4) is 0 Å². The molecule has 0 saturated carbocycles. The van der Waals surface area contributed by atoms with Gasteiger partial charge in [-0.1, -0.05) is 0 Å². The predicted octanol–water partition coefficient (Wildman–Crippen LogP) is 3.99. The van der Waals surface area contributed by atoms with Crippen molar-refractivity contribution in [3.05, 3.63) is 23.3 Å². The summed E-state index contributed by atoms with van der Waals surface area (Å²) in [5, 5.41) is 0. The quantitative estimate of drug-likeness (QED) is 0.750. The van der Waals surface area contributed by atoms with Gasteiger partial charge < -0.3 is 18.9 Å². The summed E-state index contributed by atoms with van der Waals surface area (Å²) < 4.78 is 23.1. The summed E-state index contributed by atoms with van der Waals surface area (Å²) in [5.74, 6) is 1.63. The van der Waals surface area contributed by atoms with Crippen LogP contribution in [0.15, 0.2) is 12.1 Å². The molecular formula is C22H35NO4. The molecule has 0 spiro atoms. The molecule has 3 atom stereocenters. The zero-order valence-electron chi connectivity index (χ0n) is 17.7. The fourth-order valence-electron chi connectivity index (χ4n) is 4.16. The number of piperidine rings is 1. The smallest absolute Gasteiger partial charge is 0.161 e. The van der Waals surface area contributed by atoms with Crippen molar-refractivity contribution < 1.29 is 18.9 Å². The number of ether oxygens (including phenoxy) is 4. The van der Waals surface area contributed by atoms with E-state index >= 15 is 0 Å². The summed E-state index contributed by atoms with van der Waals surface area (Å²) in [6.07, 6.45) is 3.64. The summed E-state index contributed by atoms with van der Waals surface area (Å²) >= 11 is 0. The zero-order chi connectivity index (χ0) is 19.6. The van der Waals surface area contributed by atoms with Crippen LogP contribution in [-0.4, -0.2) is 56.6 Å². The summed E-state index contributed by atoms with van der Waals surface area (Å²) in [5.41, 5.74) is 2.69. The summed E-state index contributed by atoms with van der Waals surface area (Å²) in [4.78, 5) is 2.58. The van der Waals surface area contributed by atoms with Gasteiger partial charge in [0, 0.05) is 26.2 Å². The van der Waals surface area contributed by atoms with E-state index in [1.807, 2.05) is 6.92 Å². The van der Waals surface area contributed by atoms with E-state index in [2.05, 4.69) is 37.8 Å². The first kappa shape index (κ1) is 20.4. The Balaban J connectivity index is 1.75. The first-order chi connectivity index (χ1) is 12.8. The second kappa shape index (κ2) is 8.38. The van der Waals surface area contributed by atoms with Gasteiger partial charge in [0.15, 0.2) is 11.5 Å². The minimum atomic E-state index is -0.0833. The van der Waals surface area contributed by atoms with E-state index in [1.165, 1.54) is 11.1 Å². The molecule has 1 aromatic carbocycles. The van der Waals surface area contributed by atoms with Crippen molar-refractivity contribution in [3.8, 4) is 11.5 Å². The highest BCUT2D eigenvalue weighted by molar-refractivity contribution is 5.49. The van der Waals surface area contributed by atoms with E-state index in [9.17, 15) is 0 Å². The number of hydrogen-bond acceptors (Lipinski definition) is 5. The van der Waals surface area contributed by atoms with Crippen molar-refractivity contribution >= 4 is 0 Å². The first-order valence-electron chi connectivity index (χ1n) is 10.1. The molecule has 0 amide bonds. The number of nitrogens with zero attached hydrogens (tertiary/aromatic N) is 1. The fraction of sp³-hybridized carbons (Fsp3) is 0.727. The zero-order valence-corrected chi connectivity index (χ0v) is 17.7. The lowest BCUT2D eigenvalue weighted by Gasteiger charge is -2.44. The molecule has 0 aliphatic carbocycles. The summed E-state index contributed by atoms with van der Waals surface area (Å²) in [7, 11) is 3.41. The molecule has 1 saturated heterocycles. The van der Waals surface area contributed by atoms with Crippen LogP contribution in [0.25, 0.3) is 0 Å². The maximum absolute atomic E-state index is 6.25. The standard InChI is InChI=1S/C22H35NO4/c1-15(24-5)14-26-21-11-16-9-10-23-13-17(27-22(2,3)4)7-8-19(23)18(16)12-20(21)25-6/h11-12,15,17,19H,7-10,13-14H2,1-6H3. The summed E-state index contributed by atoms with van der Waals surface area (Å²) in [6, 6.07) is 4.81. The van der Waals surface area contributed by atoms with E-state index in [-0.39, 0.29) is 11.7 Å². The van der Waals surface area contributed by atoms with Crippen molar-refractivity contribution in [1.82, 2.24) is 4.90 Å². The molecule has 2 aliphatic heterocycles. The maximum Gasteiger partial charge on any atom is 0.161 e. The fourth-order valence-corrected chi connectivity index (χ4v) is 4.16. The van der Waals surface area contributed by atoms with Crippen LogP contribution in [0, 0.1) is 0 Å². The van der Waals surface area contributed by atoms with Crippen LogP contribution in [-0.2, 0) is 15.9 Å². The van der Waals surface area contributed by atoms with E-state index in [0.29, 0.717) is 18.8 Å². The molecule has 0 radical (unpaired) electrons. The van der Waals surface area contributed by atoms with Crippen molar-refractivity contribution in [2.24, 2.45) is 0 Å². The Hall–Kier alpha value is -1.30. The molecule has 3 unspecified atom stereocenters. The molecule has 0 bridgehead atoms. The number of methoxy groups -OCH3 is 2. The molecule has 152 valence electrons. The molecule has 5 nitrogen and oxygen atoms in total. The Kier molecular flexibility index (Phi) is 6.34. The van der Waals surface area contributed by atoms with E-state index in [0.717, 1.165) is 43.9 Å². The van der Waals surface area contributed by atoms with Gasteiger partial charge in [-0.2, -0.15) is 0 Å². The molecule has 27 heavy (non-hydrogen) atoms. The Morgan fingerprint density at radius 3 is 2.59 bits per heavy atom. The minimum Gasteiger partial charge on any atom is -0.493 e. The molecule has 0 aromatic heterocycles. The molecule has 5 heteroatoms. The van der Waals surface area contributed by atoms with Crippen molar-refractivity contribution in [2.45, 2.75) is 70.8 Å². The van der Waals surface area contributed by atoms with Crippen LogP contribution >= 0.6 is 0 Å². The highest BCUT2D eigenvalue weighted by atomic mass is 16.5. The van der Waals surface area contributed by atoms with Crippen molar-refractivity contribution in [2.75, 3.05) is 33.9 Å². The predicted molar refractivity (Wildman–Crippen MR) is 107 cm³/mol. The van der Waals surface area contributed by atoms with Gasteiger partial charge in [-0.05, 0) is 70.2 Å². The molecular weight excluding hydrogens is 342 g/mol. The molecule has 0 N–H and O–H groups in total. The minimum absolute atomic E-state index is 0.0549. The van der Waals surface area contributed by atoms with Crippen molar-refractivity contribution in [1.29, 1.82) is 0 Å². The lowest BCUT2D eigenvalue weighted by molar-refractivity contribution is -0.0971. The lowest BCUT2D eigenvalue weighted by Crippen LogP contribution is -2.47. The average Bonchev–Trinajstić information content (AvgIpc) is 2.63. The first-order valence-corrected chi connectivity index (χ1v) is 10.1. The Labute approximate surface area is 163 Å². The van der Waals surface area contributed by atoms with Gasteiger partial charge in [0.1, 0.15) is 6.61 Å². The second-order valence-electron chi connectivity index (χ2n) is 8.75. The van der Waals surface area contributed by atoms with Crippen LogP contribution in [0.4, 0.5) is 0 Å². The number of benzene rings is 1.